The molecule has 0 saturated carbocycles. The lowest BCUT2D eigenvalue weighted by Crippen LogP contribution is -2.32. The lowest BCUT2D eigenvalue weighted by Gasteiger charge is -2.09. The smallest absolute Gasteiger partial charge is 0.331 e. The van der Waals surface area contributed by atoms with Gasteiger partial charge in [-0.3, -0.25) is 4.79 Å². The van der Waals surface area contributed by atoms with Gasteiger partial charge in [-0.15, -0.1) is 11.3 Å². The summed E-state index contributed by atoms with van der Waals surface area (Å²) in [4.78, 5) is 23.4. The van der Waals surface area contributed by atoms with Crippen LogP contribution in [0.2, 0.25) is 0 Å². The summed E-state index contributed by atoms with van der Waals surface area (Å²) >= 11 is 1.27. The first kappa shape index (κ1) is 13.8. The Kier molecular flexibility index (Phi) is 4.53. The molecule has 2 rings (SSSR count). The standard InChI is InChI=1S/C15H11NO3S/c17-13(9-8-11-5-2-1-3-6-11)16-14(15(18)19)12-7-4-10-20-12/h1-7,10,14H,(H,16,17)(H,18,19). The number of hydrogen-bond acceptors (Lipinski definition) is 3. The maximum atomic E-state index is 11.7. The fourth-order valence-corrected chi connectivity index (χ4v) is 2.29. The molecule has 2 aromatic rings. The summed E-state index contributed by atoms with van der Waals surface area (Å²) in [6.45, 7) is 0. The highest BCUT2D eigenvalue weighted by Crippen LogP contribution is 2.18. The van der Waals surface area contributed by atoms with Crippen LogP contribution in [-0.2, 0) is 9.59 Å². The number of aliphatic carboxylic acids is 1. The second-order valence-electron chi connectivity index (χ2n) is 3.88. The van der Waals surface area contributed by atoms with Crippen LogP contribution >= 0.6 is 11.3 Å². The van der Waals surface area contributed by atoms with E-state index in [0.717, 1.165) is 0 Å². The minimum Gasteiger partial charge on any atom is -0.479 e. The molecule has 0 aliphatic carbocycles. The van der Waals surface area contributed by atoms with Gasteiger partial charge in [0.15, 0.2) is 6.04 Å². The van der Waals surface area contributed by atoms with Gasteiger partial charge in [0.1, 0.15) is 0 Å². The van der Waals surface area contributed by atoms with E-state index in [0.29, 0.717) is 10.4 Å². The predicted octanol–water partition coefficient (Wildman–Crippen LogP) is 2.04. The third kappa shape index (κ3) is 3.70. The van der Waals surface area contributed by atoms with Crippen molar-refractivity contribution in [3.63, 3.8) is 0 Å². The molecule has 1 aromatic heterocycles. The molecule has 100 valence electrons. The van der Waals surface area contributed by atoms with Gasteiger partial charge in [-0.05, 0) is 23.6 Å². The van der Waals surface area contributed by atoms with Crippen molar-refractivity contribution in [1.82, 2.24) is 5.32 Å². The molecule has 1 atom stereocenters. The second-order valence-corrected chi connectivity index (χ2v) is 4.86. The molecule has 1 unspecified atom stereocenters. The van der Waals surface area contributed by atoms with Crippen LogP contribution in [0, 0.1) is 11.8 Å². The molecule has 1 heterocycles. The van der Waals surface area contributed by atoms with Crippen LogP contribution in [0.25, 0.3) is 0 Å². The third-order valence-corrected chi connectivity index (χ3v) is 3.38. The Hall–Kier alpha value is -2.58. The predicted molar refractivity (Wildman–Crippen MR) is 76.2 cm³/mol. The summed E-state index contributed by atoms with van der Waals surface area (Å²) < 4.78 is 0. The molecule has 1 aromatic carbocycles. The Morgan fingerprint density at radius 3 is 2.50 bits per heavy atom. The van der Waals surface area contributed by atoms with Crippen LogP contribution in [0.3, 0.4) is 0 Å². The number of benzene rings is 1. The van der Waals surface area contributed by atoms with Crippen LogP contribution in [-0.4, -0.2) is 17.0 Å². The lowest BCUT2D eigenvalue weighted by molar-refractivity contribution is -0.141. The van der Waals surface area contributed by atoms with Crippen molar-refractivity contribution >= 4 is 23.2 Å². The van der Waals surface area contributed by atoms with E-state index in [9.17, 15) is 9.59 Å². The fourth-order valence-electron chi connectivity index (χ4n) is 1.53. The maximum Gasteiger partial charge on any atom is 0.331 e. The molecule has 4 nitrogen and oxygen atoms in total. The topological polar surface area (TPSA) is 66.4 Å². The van der Waals surface area contributed by atoms with Crippen LogP contribution in [0.4, 0.5) is 0 Å². The molecule has 5 heteroatoms. The first-order valence-electron chi connectivity index (χ1n) is 5.80. The molecule has 0 fully saturated rings. The van der Waals surface area contributed by atoms with Crippen molar-refractivity contribution in [2.75, 3.05) is 0 Å². The van der Waals surface area contributed by atoms with Gasteiger partial charge in [0, 0.05) is 16.4 Å². The van der Waals surface area contributed by atoms with E-state index in [1.807, 2.05) is 18.2 Å². The van der Waals surface area contributed by atoms with Gasteiger partial charge in [0.2, 0.25) is 0 Å². The van der Waals surface area contributed by atoms with Crippen molar-refractivity contribution in [3.05, 3.63) is 58.3 Å². The zero-order valence-electron chi connectivity index (χ0n) is 10.4. The first-order chi connectivity index (χ1) is 9.66. The van der Waals surface area contributed by atoms with E-state index in [1.54, 1.807) is 29.6 Å². The first-order valence-corrected chi connectivity index (χ1v) is 6.68. The van der Waals surface area contributed by atoms with Crippen molar-refractivity contribution in [2.45, 2.75) is 6.04 Å². The monoisotopic (exact) mass is 285 g/mol. The summed E-state index contributed by atoms with van der Waals surface area (Å²) in [6, 6.07) is 11.4. The number of hydrogen-bond donors (Lipinski definition) is 2. The number of carbonyl (C=O) groups is 2. The molecule has 0 radical (unpaired) electrons. The number of thiophene rings is 1. The van der Waals surface area contributed by atoms with Gasteiger partial charge in [-0.1, -0.05) is 30.2 Å². The van der Waals surface area contributed by atoms with Crippen molar-refractivity contribution in [2.24, 2.45) is 0 Å². The Labute approximate surface area is 120 Å². The molecule has 0 aliphatic heterocycles. The zero-order chi connectivity index (χ0) is 14.4. The Morgan fingerprint density at radius 2 is 1.90 bits per heavy atom. The highest BCUT2D eigenvalue weighted by Gasteiger charge is 2.22. The summed E-state index contributed by atoms with van der Waals surface area (Å²) in [5.74, 6) is 3.34. The van der Waals surface area contributed by atoms with Crippen LogP contribution < -0.4 is 5.32 Å². The van der Waals surface area contributed by atoms with E-state index >= 15 is 0 Å². The van der Waals surface area contributed by atoms with E-state index in [1.165, 1.54) is 11.3 Å². The SMILES string of the molecule is O=C(C#Cc1ccccc1)NC(C(=O)O)c1cccs1. The van der Waals surface area contributed by atoms with Crippen LogP contribution in [0.1, 0.15) is 16.5 Å². The highest BCUT2D eigenvalue weighted by atomic mass is 32.1. The van der Waals surface area contributed by atoms with Gasteiger partial charge in [-0.25, -0.2) is 4.79 Å². The quantitative estimate of drug-likeness (QED) is 0.848. The summed E-state index contributed by atoms with van der Waals surface area (Å²) in [5.41, 5.74) is 0.700. The Bertz CT molecular complexity index is 653. The van der Waals surface area contributed by atoms with E-state index < -0.39 is 17.9 Å². The van der Waals surface area contributed by atoms with Crippen molar-refractivity contribution in [1.29, 1.82) is 0 Å². The highest BCUT2D eigenvalue weighted by molar-refractivity contribution is 7.10. The fraction of sp³-hybridized carbons (Fsp3) is 0.0667. The number of carboxylic acid groups (broad SMARTS) is 1. The molecule has 0 spiro atoms. The molecular formula is C15H11NO3S. The van der Waals surface area contributed by atoms with Crippen LogP contribution in [0.15, 0.2) is 47.8 Å². The van der Waals surface area contributed by atoms with Gasteiger partial charge in [0.05, 0.1) is 0 Å². The number of carboxylic acids is 1. The van der Waals surface area contributed by atoms with E-state index in [4.69, 9.17) is 5.11 Å². The Morgan fingerprint density at radius 1 is 1.15 bits per heavy atom. The molecule has 2 N–H and O–H groups in total. The van der Waals surface area contributed by atoms with E-state index in [-0.39, 0.29) is 0 Å². The van der Waals surface area contributed by atoms with Gasteiger partial charge in [0.25, 0.3) is 5.91 Å². The average Bonchev–Trinajstić information content (AvgIpc) is 2.97. The molecule has 0 aliphatic rings. The molecule has 1 amide bonds. The zero-order valence-corrected chi connectivity index (χ0v) is 11.2. The summed E-state index contributed by atoms with van der Waals surface area (Å²) in [7, 11) is 0. The van der Waals surface area contributed by atoms with Gasteiger partial charge < -0.3 is 10.4 Å². The minimum absolute atomic E-state index is 0.562. The summed E-state index contributed by atoms with van der Waals surface area (Å²) in [5, 5.41) is 13.3. The van der Waals surface area contributed by atoms with Crippen molar-refractivity contribution < 1.29 is 14.7 Å². The maximum absolute atomic E-state index is 11.7. The van der Waals surface area contributed by atoms with Crippen LogP contribution in [0.5, 0.6) is 0 Å². The van der Waals surface area contributed by atoms with Gasteiger partial charge >= 0.3 is 5.97 Å². The summed E-state index contributed by atoms with van der Waals surface area (Å²) in [6.07, 6.45) is 0. The number of amides is 1. The van der Waals surface area contributed by atoms with E-state index in [2.05, 4.69) is 17.2 Å². The normalized spacial score (nSPS) is 11.0. The largest absolute Gasteiger partial charge is 0.479 e. The molecular weight excluding hydrogens is 274 g/mol. The number of nitrogens with one attached hydrogen (secondary N) is 1. The molecule has 20 heavy (non-hydrogen) atoms. The number of rotatable bonds is 3. The second kappa shape index (κ2) is 6.55. The lowest BCUT2D eigenvalue weighted by atomic mass is 10.2. The third-order valence-electron chi connectivity index (χ3n) is 2.44. The van der Waals surface area contributed by atoms with Gasteiger partial charge in [-0.2, -0.15) is 0 Å². The average molecular weight is 285 g/mol. The molecule has 0 bridgehead atoms. The Balaban J connectivity index is 2.07. The van der Waals surface area contributed by atoms with Crippen molar-refractivity contribution in [3.8, 4) is 11.8 Å². The number of carbonyl (C=O) groups excluding carboxylic acids is 1. The minimum atomic E-state index is -1.11. The molecule has 0 saturated heterocycles.